The Morgan fingerprint density at radius 2 is 1.91 bits per heavy atom. The maximum atomic E-state index is 12.7. The van der Waals surface area contributed by atoms with Gasteiger partial charge >= 0.3 is 0 Å². The first-order valence-corrected chi connectivity index (χ1v) is 7.69. The van der Waals surface area contributed by atoms with E-state index < -0.39 is 0 Å². The average molecular weight is 307 g/mol. The van der Waals surface area contributed by atoms with Gasteiger partial charge in [-0.2, -0.15) is 0 Å². The monoisotopic (exact) mass is 307 g/mol. The number of hydrogen-bond donors (Lipinski definition) is 0. The summed E-state index contributed by atoms with van der Waals surface area (Å²) in [4.78, 5) is 14.6. The van der Waals surface area contributed by atoms with Crippen LogP contribution in [0.5, 0.6) is 11.5 Å². The fourth-order valence-corrected chi connectivity index (χ4v) is 2.85. The molecule has 1 amide bonds. The van der Waals surface area contributed by atoms with Crippen LogP contribution < -0.4 is 9.47 Å². The predicted octanol–water partition coefficient (Wildman–Crippen LogP) is 2.59. The van der Waals surface area contributed by atoms with Crippen LogP contribution in [0.15, 0.2) is 18.2 Å². The molecule has 1 aliphatic heterocycles. The number of nitrogens with zero attached hydrogens (tertiary/aromatic N) is 1. The van der Waals surface area contributed by atoms with Gasteiger partial charge in [-0.1, -0.05) is 0 Å². The van der Waals surface area contributed by atoms with Crippen molar-refractivity contribution < 1.29 is 19.0 Å². The predicted molar refractivity (Wildman–Crippen MR) is 84.7 cm³/mol. The molecule has 0 radical (unpaired) electrons. The van der Waals surface area contributed by atoms with Gasteiger partial charge in [-0.05, 0) is 37.3 Å². The number of amides is 1. The van der Waals surface area contributed by atoms with Gasteiger partial charge in [0.1, 0.15) is 11.5 Å². The topological polar surface area (TPSA) is 48.0 Å². The number of carbonyl (C=O) groups excluding carboxylic acids is 1. The molecule has 5 nitrogen and oxygen atoms in total. The Morgan fingerprint density at radius 3 is 2.50 bits per heavy atom. The Kier molecular flexibility index (Phi) is 6.07. The van der Waals surface area contributed by atoms with Gasteiger partial charge in [0.05, 0.1) is 19.8 Å². The normalized spacial score (nSPS) is 15.7. The number of carbonyl (C=O) groups is 1. The third-order valence-electron chi connectivity index (χ3n) is 4.27. The first kappa shape index (κ1) is 16.6. The van der Waals surface area contributed by atoms with E-state index in [9.17, 15) is 4.79 Å². The van der Waals surface area contributed by atoms with Crippen molar-refractivity contribution in [2.45, 2.75) is 19.3 Å². The van der Waals surface area contributed by atoms with Gasteiger partial charge in [-0.3, -0.25) is 4.79 Å². The molecule has 1 fully saturated rings. The summed E-state index contributed by atoms with van der Waals surface area (Å²) in [5.41, 5.74) is 0.596. The van der Waals surface area contributed by atoms with Crippen LogP contribution in [0.25, 0.3) is 0 Å². The highest BCUT2D eigenvalue weighted by Gasteiger charge is 2.25. The Bertz CT molecular complexity index is 495. The lowest BCUT2D eigenvalue weighted by atomic mass is 9.93. The highest BCUT2D eigenvalue weighted by Crippen LogP contribution is 2.28. The molecule has 5 heteroatoms. The molecule has 0 spiro atoms. The van der Waals surface area contributed by atoms with Gasteiger partial charge in [-0.25, -0.2) is 0 Å². The minimum Gasteiger partial charge on any atom is -0.497 e. The lowest BCUT2D eigenvalue weighted by Gasteiger charge is -2.32. The maximum absolute atomic E-state index is 12.7. The molecule has 0 N–H and O–H groups in total. The number of piperidine rings is 1. The van der Waals surface area contributed by atoms with Crippen LogP contribution in [-0.2, 0) is 4.74 Å². The SMILES string of the molecule is COCCC1CCN(C(=O)c2ccc(OC)cc2OC)CC1. The fourth-order valence-electron chi connectivity index (χ4n) is 2.85. The molecule has 1 aliphatic rings. The van der Waals surface area contributed by atoms with Crippen LogP contribution in [0.1, 0.15) is 29.6 Å². The van der Waals surface area contributed by atoms with E-state index in [1.807, 2.05) is 4.90 Å². The van der Waals surface area contributed by atoms with Crippen LogP contribution in [-0.4, -0.2) is 51.8 Å². The average Bonchev–Trinajstić information content (AvgIpc) is 2.59. The molecule has 1 saturated heterocycles. The van der Waals surface area contributed by atoms with E-state index in [-0.39, 0.29) is 5.91 Å². The second-order valence-corrected chi connectivity index (χ2v) is 5.58. The quantitative estimate of drug-likeness (QED) is 0.810. The van der Waals surface area contributed by atoms with Crippen LogP contribution in [0.2, 0.25) is 0 Å². The molecule has 1 aromatic rings. The van der Waals surface area contributed by atoms with Crippen molar-refractivity contribution in [3.05, 3.63) is 23.8 Å². The summed E-state index contributed by atoms with van der Waals surface area (Å²) in [6, 6.07) is 5.32. The van der Waals surface area contributed by atoms with Crippen LogP contribution in [0.4, 0.5) is 0 Å². The molecule has 0 saturated carbocycles. The summed E-state index contributed by atoms with van der Waals surface area (Å²) >= 11 is 0. The Balaban J connectivity index is 2.00. The maximum Gasteiger partial charge on any atom is 0.257 e. The number of hydrogen-bond acceptors (Lipinski definition) is 4. The van der Waals surface area contributed by atoms with E-state index >= 15 is 0 Å². The molecule has 0 unspecified atom stereocenters. The number of benzene rings is 1. The molecule has 22 heavy (non-hydrogen) atoms. The highest BCUT2D eigenvalue weighted by molar-refractivity contribution is 5.97. The van der Waals surface area contributed by atoms with Gasteiger partial charge in [0, 0.05) is 32.9 Å². The zero-order valence-corrected chi connectivity index (χ0v) is 13.6. The molecule has 1 heterocycles. The van der Waals surface area contributed by atoms with E-state index in [2.05, 4.69) is 0 Å². The summed E-state index contributed by atoms with van der Waals surface area (Å²) in [5, 5.41) is 0. The second-order valence-electron chi connectivity index (χ2n) is 5.58. The molecule has 0 atom stereocenters. The van der Waals surface area contributed by atoms with Crippen LogP contribution in [0.3, 0.4) is 0 Å². The molecule has 2 rings (SSSR count). The van der Waals surface area contributed by atoms with Crippen molar-refractivity contribution in [3.63, 3.8) is 0 Å². The molecular formula is C17H25NO4. The van der Waals surface area contributed by atoms with Crippen LogP contribution in [0, 0.1) is 5.92 Å². The molecule has 1 aromatic carbocycles. The second kappa shape index (κ2) is 8.03. The summed E-state index contributed by atoms with van der Waals surface area (Å²) in [6.45, 7) is 2.38. The van der Waals surface area contributed by atoms with E-state index in [0.29, 0.717) is 23.0 Å². The molecule has 122 valence electrons. The Morgan fingerprint density at radius 1 is 1.18 bits per heavy atom. The van der Waals surface area contributed by atoms with Gasteiger partial charge < -0.3 is 19.1 Å². The van der Waals surface area contributed by atoms with Crippen molar-refractivity contribution in [3.8, 4) is 11.5 Å². The van der Waals surface area contributed by atoms with Crippen molar-refractivity contribution in [1.29, 1.82) is 0 Å². The zero-order chi connectivity index (χ0) is 15.9. The smallest absolute Gasteiger partial charge is 0.257 e. The lowest BCUT2D eigenvalue weighted by Crippen LogP contribution is -2.38. The van der Waals surface area contributed by atoms with Crippen molar-refractivity contribution in [1.82, 2.24) is 4.90 Å². The van der Waals surface area contributed by atoms with Gasteiger partial charge in [0.25, 0.3) is 5.91 Å². The van der Waals surface area contributed by atoms with Crippen LogP contribution >= 0.6 is 0 Å². The van der Waals surface area contributed by atoms with Gasteiger partial charge in [0.15, 0.2) is 0 Å². The standard InChI is InChI=1S/C17H25NO4/c1-20-11-8-13-6-9-18(10-7-13)17(19)15-5-4-14(21-2)12-16(15)22-3/h4-5,12-13H,6-11H2,1-3H3. The van der Waals surface area contributed by atoms with Gasteiger partial charge in [0.2, 0.25) is 0 Å². The van der Waals surface area contributed by atoms with Gasteiger partial charge in [-0.15, -0.1) is 0 Å². The van der Waals surface area contributed by atoms with E-state index in [1.165, 1.54) is 0 Å². The zero-order valence-electron chi connectivity index (χ0n) is 13.6. The number of ether oxygens (including phenoxy) is 3. The van der Waals surface area contributed by atoms with E-state index in [0.717, 1.165) is 39.0 Å². The largest absolute Gasteiger partial charge is 0.497 e. The Labute approximate surface area is 132 Å². The molecular weight excluding hydrogens is 282 g/mol. The van der Waals surface area contributed by atoms with E-state index in [4.69, 9.17) is 14.2 Å². The van der Waals surface area contributed by atoms with Crippen molar-refractivity contribution in [2.24, 2.45) is 5.92 Å². The third kappa shape index (κ3) is 3.91. The summed E-state index contributed by atoms with van der Waals surface area (Å²) in [5.74, 6) is 1.93. The summed E-state index contributed by atoms with van der Waals surface area (Å²) < 4.78 is 15.6. The van der Waals surface area contributed by atoms with Crippen molar-refractivity contribution >= 4 is 5.91 Å². The Hall–Kier alpha value is -1.75. The summed E-state index contributed by atoms with van der Waals surface area (Å²) in [7, 11) is 4.90. The first-order valence-electron chi connectivity index (χ1n) is 7.69. The minimum absolute atomic E-state index is 0.0321. The first-order chi connectivity index (χ1) is 10.7. The van der Waals surface area contributed by atoms with Crippen molar-refractivity contribution in [2.75, 3.05) is 41.0 Å². The molecule has 0 bridgehead atoms. The molecule has 0 aromatic heterocycles. The minimum atomic E-state index is 0.0321. The number of likely N-dealkylation sites (tertiary alicyclic amines) is 1. The highest BCUT2D eigenvalue weighted by atomic mass is 16.5. The number of rotatable bonds is 6. The number of methoxy groups -OCH3 is 3. The summed E-state index contributed by atoms with van der Waals surface area (Å²) in [6.07, 6.45) is 3.14. The lowest BCUT2D eigenvalue weighted by molar-refractivity contribution is 0.0666. The van der Waals surface area contributed by atoms with E-state index in [1.54, 1.807) is 39.5 Å². The third-order valence-corrected chi connectivity index (χ3v) is 4.27. The molecule has 0 aliphatic carbocycles. The fraction of sp³-hybridized carbons (Fsp3) is 0.588.